The van der Waals surface area contributed by atoms with Crippen molar-refractivity contribution in [3.8, 4) is 0 Å². The lowest BCUT2D eigenvalue weighted by Gasteiger charge is -2.10. The van der Waals surface area contributed by atoms with E-state index in [4.69, 9.17) is 12.2 Å². The van der Waals surface area contributed by atoms with Crippen molar-refractivity contribution in [2.75, 3.05) is 18.8 Å². The summed E-state index contributed by atoms with van der Waals surface area (Å²) in [4.78, 5) is 0. The van der Waals surface area contributed by atoms with E-state index in [1.807, 2.05) is 6.26 Å². The molecule has 0 unspecified atom stereocenters. The third kappa shape index (κ3) is 4.96. The lowest BCUT2D eigenvalue weighted by atomic mass is 11.8. The van der Waals surface area contributed by atoms with Crippen LogP contribution in [0.4, 0.5) is 0 Å². The number of rotatable bonds is 3. The number of hydrogen-bond acceptors (Lipinski definition) is 6. The minimum Gasteiger partial charge on any atom is -0.227 e. The molecule has 0 rings (SSSR count). The summed E-state index contributed by atoms with van der Waals surface area (Å²) in [6.45, 7) is 0. The van der Waals surface area contributed by atoms with Crippen LogP contribution < -0.4 is 0 Å². The molecule has 1 atom stereocenters. The number of thioether (sulfide) groups is 3. The summed E-state index contributed by atoms with van der Waals surface area (Å²) in [6, 6.07) is 0. The van der Waals surface area contributed by atoms with E-state index in [0.29, 0.717) is 3.53 Å². The molecule has 0 aromatic heterocycles. The summed E-state index contributed by atoms with van der Waals surface area (Å²) < 4.78 is 22.4. The minimum absolute atomic E-state index is 0.461. The normalized spacial score (nSPS) is 14.2. The fraction of sp³-hybridized carbons (Fsp3) is 0.800. The lowest BCUT2D eigenvalue weighted by molar-refractivity contribution is 0.605. The third-order valence-corrected chi connectivity index (χ3v) is 8.11. The Kier molecular flexibility index (Phi) is 6.27. The van der Waals surface area contributed by atoms with Crippen LogP contribution >= 0.6 is 47.5 Å². The van der Waals surface area contributed by atoms with Gasteiger partial charge in [-0.1, -0.05) is 24.0 Å². The Morgan fingerprint density at radius 2 is 1.92 bits per heavy atom. The molecule has 0 N–H and O–H groups in total. The van der Waals surface area contributed by atoms with Crippen LogP contribution in [0.15, 0.2) is 0 Å². The molecule has 0 fully saturated rings. The van der Waals surface area contributed by atoms with Crippen LogP contribution in [-0.4, -0.2) is 34.6 Å². The molecule has 0 saturated heterocycles. The highest BCUT2D eigenvalue weighted by Crippen LogP contribution is 2.30. The smallest absolute Gasteiger partial charge is 0.169 e. The fourth-order valence-electron chi connectivity index (χ4n) is 0.437. The zero-order valence-corrected chi connectivity index (χ0v) is 11.0. The Morgan fingerprint density at radius 1 is 1.42 bits per heavy atom. The van der Waals surface area contributed by atoms with Crippen LogP contribution in [0.1, 0.15) is 0 Å². The number of thiocarbonyl (C=S) groups is 1. The standard InChI is InChI=1S/C5H10O2S5/c1-9-4(8)11-5(10-2)12(3,6)7/h5H,1-3H3/t5-/m0/s1. The molecule has 2 nitrogen and oxygen atoms in total. The van der Waals surface area contributed by atoms with Crippen LogP contribution in [-0.2, 0) is 9.84 Å². The summed E-state index contributed by atoms with van der Waals surface area (Å²) in [7, 11) is -3.00. The highest BCUT2D eigenvalue weighted by Gasteiger charge is 2.21. The van der Waals surface area contributed by atoms with Crippen molar-refractivity contribution in [2.24, 2.45) is 0 Å². The Hall–Kier alpha value is 1.09. The van der Waals surface area contributed by atoms with E-state index in [-0.39, 0.29) is 0 Å². The SMILES string of the molecule is CSC(=S)S[C@H](SC)S(C)(=O)=O. The lowest BCUT2D eigenvalue weighted by Crippen LogP contribution is -2.12. The van der Waals surface area contributed by atoms with Crippen molar-refractivity contribution < 1.29 is 8.42 Å². The van der Waals surface area contributed by atoms with Gasteiger partial charge >= 0.3 is 0 Å². The van der Waals surface area contributed by atoms with Crippen molar-refractivity contribution in [2.45, 2.75) is 3.91 Å². The monoisotopic (exact) mass is 262 g/mol. The van der Waals surface area contributed by atoms with Gasteiger partial charge in [0.05, 0.1) is 0 Å². The molecular weight excluding hydrogens is 252 g/mol. The maximum atomic E-state index is 11.1. The molecule has 0 bridgehead atoms. The van der Waals surface area contributed by atoms with Crippen molar-refractivity contribution in [1.82, 2.24) is 0 Å². The Bertz CT molecular complexity index is 245. The van der Waals surface area contributed by atoms with E-state index in [1.165, 1.54) is 41.5 Å². The Balaban J connectivity index is 4.30. The molecule has 0 aliphatic carbocycles. The first kappa shape index (κ1) is 13.1. The quantitative estimate of drug-likeness (QED) is 0.572. The molecule has 0 aliphatic heterocycles. The molecule has 0 spiro atoms. The van der Waals surface area contributed by atoms with Crippen LogP contribution in [0, 0.1) is 0 Å². The van der Waals surface area contributed by atoms with E-state index in [0.717, 1.165) is 0 Å². The molecule has 0 aromatic rings. The zero-order chi connectivity index (χ0) is 9.78. The molecule has 12 heavy (non-hydrogen) atoms. The molecule has 0 heterocycles. The van der Waals surface area contributed by atoms with Gasteiger partial charge < -0.3 is 0 Å². The first-order valence-electron chi connectivity index (χ1n) is 2.88. The van der Waals surface area contributed by atoms with E-state index in [1.54, 1.807) is 6.26 Å². The molecule has 0 saturated carbocycles. The maximum Gasteiger partial charge on any atom is 0.169 e. The molecule has 0 aliphatic rings. The van der Waals surface area contributed by atoms with Gasteiger partial charge in [-0.15, -0.1) is 23.5 Å². The van der Waals surface area contributed by atoms with Crippen LogP contribution in [0.2, 0.25) is 0 Å². The van der Waals surface area contributed by atoms with Crippen LogP contribution in [0.3, 0.4) is 0 Å². The predicted molar refractivity (Wildman–Crippen MR) is 65.9 cm³/mol. The van der Waals surface area contributed by atoms with E-state index in [9.17, 15) is 8.42 Å². The van der Waals surface area contributed by atoms with Crippen molar-refractivity contribution in [3.05, 3.63) is 0 Å². The Labute approximate surface area is 91.6 Å². The second-order valence-corrected chi connectivity index (χ2v) is 9.01. The fourth-order valence-corrected chi connectivity index (χ4v) is 5.35. The molecule has 0 amide bonds. The summed E-state index contributed by atoms with van der Waals surface area (Å²) in [5.41, 5.74) is 0. The largest absolute Gasteiger partial charge is 0.227 e. The summed E-state index contributed by atoms with van der Waals surface area (Å²) in [6.07, 6.45) is 4.83. The molecule has 72 valence electrons. The van der Waals surface area contributed by atoms with E-state index in [2.05, 4.69) is 0 Å². The van der Waals surface area contributed by atoms with Gasteiger partial charge in [-0.25, -0.2) is 8.42 Å². The van der Waals surface area contributed by atoms with Gasteiger partial charge in [0.2, 0.25) is 0 Å². The first-order valence-corrected chi connectivity index (χ1v) is 8.63. The molecular formula is C5H10O2S5. The summed E-state index contributed by atoms with van der Waals surface area (Å²) >= 11 is 8.83. The van der Waals surface area contributed by atoms with E-state index >= 15 is 0 Å². The highest BCUT2D eigenvalue weighted by molar-refractivity contribution is 8.52. The second kappa shape index (κ2) is 5.74. The maximum absolute atomic E-state index is 11.1. The Morgan fingerprint density at radius 3 is 2.17 bits per heavy atom. The number of sulfone groups is 1. The number of hydrogen-bond donors (Lipinski definition) is 0. The van der Waals surface area contributed by atoms with Gasteiger partial charge in [0, 0.05) is 6.26 Å². The minimum atomic E-state index is -3.00. The zero-order valence-electron chi connectivity index (χ0n) is 6.94. The van der Waals surface area contributed by atoms with E-state index < -0.39 is 13.8 Å². The van der Waals surface area contributed by atoms with Gasteiger partial charge in [-0.3, -0.25) is 0 Å². The average molecular weight is 262 g/mol. The van der Waals surface area contributed by atoms with Gasteiger partial charge in [0.1, 0.15) is 3.53 Å². The molecule has 7 heteroatoms. The van der Waals surface area contributed by atoms with Crippen molar-refractivity contribution >= 4 is 60.9 Å². The highest BCUT2D eigenvalue weighted by atomic mass is 32.3. The first-order chi connectivity index (χ1) is 5.41. The van der Waals surface area contributed by atoms with Gasteiger partial charge in [0.15, 0.2) is 13.8 Å². The molecule has 0 aromatic carbocycles. The van der Waals surface area contributed by atoms with Crippen molar-refractivity contribution in [1.29, 1.82) is 0 Å². The second-order valence-electron chi connectivity index (χ2n) is 1.93. The van der Waals surface area contributed by atoms with Crippen LogP contribution in [0.5, 0.6) is 0 Å². The topological polar surface area (TPSA) is 34.1 Å². The average Bonchev–Trinajstić information content (AvgIpc) is 1.97. The molecule has 0 radical (unpaired) electrons. The van der Waals surface area contributed by atoms with Gasteiger partial charge in [-0.05, 0) is 12.5 Å². The van der Waals surface area contributed by atoms with Gasteiger partial charge in [0.25, 0.3) is 0 Å². The third-order valence-electron chi connectivity index (χ3n) is 0.901. The summed E-state index contributed by atoms with van der Waals surface area (Å²) in [5, 5.41) is 0. The predicted octanol–water partition coefficient (Wildman–Crippen LogP) is 2.06. The summed E-state index contributed by atoms with van der Waals surface area (Å²) in [5.74, 6) is 0. The van der Waals surface area contributed by atoms with Crippen LogP contribution in [0.25, 0.3) is 0 Å². The van der Waals surface area contributed by atoms with Gasteiger partial charge in [-0.2, -0.15) is 0 Å². The van der Waals surface area contributed by atoms with Crippen molar-refractivity contribution in [3.63, 3.8) is 0 Å².